The number of alkyl halides is 1. The van der Waals surface area contributed by atoms with Gasteiger partial charge in [0.15, 0.2) is 0 Å². The van der Waals surface area contributed by atoms with Crippen LogP contribution >= 0.6 is 31.9 Å². The Morgan fingerprint density at radius 1 is 1.28 bits per heavy atom. The minimum absolute atomic E-state index is 0.926. The van der Waals surface area contributed by atoms with Gasteiger partial charge in [0, 0.05) is 28.6 Å². The monoisotopic (exact) mass is 373 g/mol. The lowest BCUT2D eigenvalue weighted by Gasteiger charge is -2.25. The highest BCUT2D eigenvalue weighted by atomic mass is 79.9. The summed E-state index contributed by atoms with van der Waals surface area (Å²) in [6.45, 7) is 4.73. The van der Waals surface area contributed by atoms with Crippen LogP contribution in [0.4, 0.5) is 5.69 Å². The number of halogens is 2. The molecule has 0 aromatic heterocycles. The maximum atomic E-state index is 3.60. The second kappa shape index (κ2) is 6.95. The van der Waals surface area contributed by atoms with Gasteiger partial charge in [-0.25, -0.2) is 0 Å². The first-order chi connectivity index (χ1) is 8.74. The van der Waals surface area contributed by atoms with Gasteiger partial charge in [0.1, 0.15) is 0 Å². The Hall–Kier alpha value is -0.0200. The predicted octanol–water partition coefficient (Wildman–Crippen LogP) is 5.36. The van der Waals surface area contributed by atoms with Gasteiger partial charge in [-0.1, -0.05) is 51.3 Å². The summed E-state index contributed by atoms with van der Waals surface area (Å²) in [5.74, 6) is 0.926. The summed E-state index contributed by atoms with van der Waals surface area (Å²) >= 11 is 7.20. The molecule has 1 atom stereocenters. The summed E-state index contributed by atoms with van der Waals surface area (Å²) in [4.78, 5) is 2.57. The largest absolute Gasteiger partial charge is 0.371 e. The lowest BCUT2D eigenvalue weighted by atomic mass is 9.98. The summed E-state index contributed by atoms with van der Waals surface area (Å²) in [6.07, 6.45) is 5.39. The second-order valence-corrected chi connectivity index (χ2v) is 6.58. The predicted molar refractivity (Wildman–Crippen MR) is 86.6 cm³/mol. The highest BCUT2D eigenvalue weighted by Gasteiger charge is 2.17. The number of rotatable bonds is 3. The molecule has 18 heavy (non-hydrogen) atoms. The van der Waals surface area contributed by atoms with Crippen LogP contribution in [0.3, 0.4) is 0 Å². The van der Waals surface area contributed by atoms with E-state index < -0.39 is 0 Å². The molecule has 1 heterocycles. The van der Waals surface area contributed by atoms with Crippen molar-refractivity contribution in [2.45, 2.75) is 37.9 Å². The Balaban J connectivity index is 2.17. The number of benzene rings is 1. The van der Waals surface area contributed by atoms with Crippen LogP contribution in [0, 0.1) is 5.92 Å². The molecule has 1 aromatic rings. The second-order valence-electron chi connectivity index (χ2n) is 5.10. The first-order valence-corrected chi connectivity index (χ1v) is 8.75. The van der Waals surface area contributed by atoms with E-state index in [1.165, 1.54) is 54.5 Å². The van der Waals surface area contributed by atoms with Gasteiger partial charge in [-0.2, -0.15) is 0 Å². The van der Waals surface area contributed by atoms with E-state index in [4.69, 9.17) is 0 Å². The van der Waals surface area contributed by atoms with Crippen molar-refractivity contribution in [3.8, 4) is 0 Å². The summed E-state index contributed by atoms with van der Waals surface area (Å²) < 4.78 is 1.18. The van der Waals surface area contributed by atoms with Crippen molar-refractivity contribution in [3.05, 3.63) is 28.2 Å². The molecule has 0 radical (unpaired) electrons. The summed E-state index contributed by atoms with van der Waals surface area (Å²) in [5, 5.41) is 0.934. The maximum absolute atomic E-state index is 3.60. The molecule has 0 amide bonds. The fourth-order valence-electron chi connectivity index (χ4n) is 2.76. The van der Waals surface area contributed by atoms with Crippen molar-refractivity contribution in [3.63, 3.8) is 0 Å². The van der Waals surface area contributed by atoms with Crippen LogP contribution in [0.1, 0.15) is 38.2 Å². The van der Waals surface area contributed by atoms with Crippen LogP contribution in [-0.4, -0.2) is 13.1 Å². The molecule has 0 aliphatic carbocycles. The molecule has 0 bridgehead atoms. The van der Waals surface area contributed by atoms with E-state index in [2.05, 4.69) is 61.9 Å². The standard InChI is InChI=1S/C15H21Br2N/c1-2-12-4-3-8-18(9-7-12)15-10-14(17)6-5-13(15)11-16/h5-6,10,12H,2-4,7-9,11H2,1H3. The van der Waals surface area contributed by atoms with Crippen LogP contribution in [0.5, 0.6) is 0 Å². The molecule has 1 aliphatic heterocycles. The Morgan fingerprint density at radius 3 is 2.83 bits per heavy atom. The number of anilines is 1. The Bertz CT molecular complexity index is 392. The van der Waals surface area contributed by atoms with Crippen molar-refractivity contribution in [2.75, 3.05) is 18.0 Å². The third kappa shape index (κ3) is 3.51. The molecule has 1 nitrogen and oxygen atoms in total. The SMILES string of the molecule is CCC1CCCN(c2cc(Br)ccc2CBr)CC1. The van der Waals surface area contributed by atoms with Crippen LogP contribution in [0.2, 0.25) is 0 Å². The minimum Gasteiger partial charge on any atom is -0.371 e. The fourth-order valence-corrected chi connectivity index (χ4v) is 3.58. The average molecular weight is 375 g/mol. The zero-order chi connectivity index (χ0) is 13.0. The van der Waals surface area contributed by atoms with Crippen molar-refractivity contribution in [1.82, 2.24) is 0 Å². The smallest absolute Gasteiger partial charge is 0.0418 e. The fraction of sp³-hybridized carbons (Fsp3) is 0.600. The van der Waals surface area contributed by atoms with E-state index in [-0.39, 0.29) is 0 Å². The van der Waals surface area contributed by atoms with Crippen LogP contribution in [-0.2, 0) is 5.33 Å². The summed E-state index contributed by atoms with van der Waals surface area (Å²) in [7, 11) is 0. The van der Waals surface area contributed by atoms with Gasteiger partial charge < -0.3 is 4.90 Å². The summed E-state index contributed by atoms with van der Waals surface area (Å²) in [5.41, 5.74) is 2.80. The molecule has 1 aromatic carbocycles. The number of hydrogen-bond donors (Lipinski definition) is 0. The maximum Gasteiger partial charge on any atom is 0.0418 e. The minimum atomic E-state index is 0.926. The molecule has 1 saturated heterocycles. The molecule has 100 valence electrons. The van der Waals surface area contributed by atoms with Crippen molar-refractivity contribution in [1.29, 1.82) is 0 Å². The Morgan fingerprint density at radius 2 is 2.11 bits per heavy atom. The zero-order valence-corrected chi connectivity index (χ0v) is 14.1. The van der Waals surface area contributed by atoms with Crippen LogP contribution in [0.25, 0.3) is 0 Å². The average Bonchev–Trinajstić information content (AvgIpc) is 2.63. The lowest BCUT2D eigenvalue weighted by Crippen LogP contribution is -2.25. The highest BCUT2D eigenvalue weighted by Crippen LogP contribution is 2.30. The molecule has 0 N–H and O–H groups in total. The quantitative estimate of drug-likeness (QED) is 0.643. The molecule has 0 saturated carbocycles. The zero-order valence-electron chi connectivity index (χ0n) is 11.0. The Labute approximate surface area is 127 Å². The van der Waals surface area contributed by atoms with Crippen molar-refractivity contribution >= 4 is 37.5 Å². The summed E-state index contributed by atoms with van der Waals surface area (Å²) in [6, 6.07) is 6.62. The van der Waals surface area contributed by atoms with Gasteiger partial charge >= 0.3 is 0 Å². The number of nitrogens with zero attached hydrogens (tertiary/aromatic N) is 1. The van der Waals surface area contributed by atoms with Gasteiger partial charge in [0.25, 0.3) is 0 Å². The van der Waals surface area contributed by atoms with E-state index in [1.807, 2.05) is 0 Å². The third-order valence-corrected chi connectivity index (χ3v) is 5.05. The normalized spacial score (nSPS) is 20.8. The van der Waals surface area contributed by atoms with E-state index in [1.54, 1.807) is 0 Å². The van der Waals surface area contributed by atoms with E-state index >= 15 is 0 Å². The first-order valence-electron chi connectivity index (χ1n) is 6.84. The van der Waals surface area contributed by atoms with E-state index in [0.717, 1.165) is 11.2 Å². The van der Waals surface area contributed by atoms with Crippen LogP contribution in [0.15, 0.2) is 22.7 Å². The van der Waals surface area contributed by atoms with Gasteiger partial charge in [-0.15, -0.1) is 0 Å². The lowest BCUT2D eigenvalue weighted by molar-refractivity contribution is 0.459. The van der Waals surface area contributed by atoms with Gasteiger partial charge in [-0.05, 0) is 42.9 Å². The Kier molecular flexibility index (Phi) is 5.56. The highest BCUT2D eigenvalue weighted by molar-refractivity contribution is 9.10. The molecule has 2 rings (SSSR count). The first kappa shape index (κ1) is 14.4. The molecule has 0 spiro atoms. The van der Waals surface area contributed by atoms with Crippen molar-refractivity contribution < 1.29 is 0 Å². The molecule has 1 fully saturated rings. The molecule has 3 heteroatoms. The molecule has 1 aliphatic rings. The van der Waals surface area contributed by atoms with Crippen molar-refractivity contribution in [2.24, 2.45) is 5.92 Å². The van der Waals surface area contributed by atoms with E-state index in [0.29, 0.717) is 0 Å². The topological polar surface area (TPSA) is 3.24 Å². The van der Waals surface area contributed by atoms with E-state index in [9.17, 15) is 0 Å². The van der Waals surface area contributed by atoms with Gasteiger partial charge in [0.05, 0.1) is 0 Å². The van der Waals surface area contributed by atoms with Gasteiger partial charge in [-0.3, -0.25) is 0 Å². The third-order valence-electron chi connectivity index (χ3n) is 3.96. The molecular weight excluding hydrogens is 354 g/mol. The molecule has 1 unspecified atom stereocenters. The van der Waals surface area contributed by atoms with Crippen LogP contribution < -0.4 is 4.90 Å². The van der Waals surface area contributed by atoms with Gasteiger partial charge in [0.2, 0.25) is 0 Å². The number of hydrogen-bond acceptors (Lipinski definition) is 1. The molecular formula is C15H21Br2N.